The number of ether oxygens (including phenoxy) is 2. The lowest BCUT2D eigenvalue weighted by molar-refractivity contribution is 0.414. The summed E-state index contributed by atoms with van der Waals surface area (Å²) in [4.78, 5) is 4.55. The minimum atomic E-state index is 0.536. The van der Waals surface area contributed by atoms with Crippen LogP contribution in [0.4, 0.5) is 5.69 Å². The van der Waals surface area contributed by atoms with Crippen molar-refractivity contribution in [3.63, 3.8) is 0 Å². The molecule has 4 heteroatoms. The molecule has 1 heterocycles. The maximum Gasteiger partial charge on any atom is 0.222 e. The zero-order valence-electron chi connectivity index (χ0n) is 12.0. The van der Waals surface area contributed by atoms with E-state index >= 15 is 0 Å². The van der Waals surface area contributed by atoms with E-state index in [0.717, 1.165) is 16.5 Å². The van der Waals surface area contributed by atoms with Crippen molar-refractivity contribution in [1.82, 2.24) is 4.98 Å². The maximum absolute atomic E-state index is 5.89. The van der Waals surface area contributed by atoms with Crippen LogP contribution in [0.15, 0.2) is 48.5 Å². The van der Waals surface area contributed by atoms with E-state index in [-0.39, 0.29) is 0 Å². The molecular formula is C17H16N2O2. The molecular weight excluding hydrogens is 264 g/mol. The van der Waals surface area contributed by atoms with Gasteiger partial charge in [0.2, 0.25) is 5.88 Å². The van der Waals surface area contributed by atoms with Gasteiger partial charge in [-0.25, -0.2) is 4.98 Å². The quantitative estimate of drug-likeness (QED) is 0.739. The first kappa shape index (κ1) is 13.2. The Morgan fingerprint density at radius 2 is 1.86 bits per heavy atom. The Hall–Kier alpha value is -2.75. The van der Waals surface area contributed by atoms with Gasteiger partial charge < -0.3 is 15.2 Å². The Morgan fingerprint density at radius 1 is 1.05 bits per heavy atom. The predicted octanol–water partition coefficient (Wildman–Crippen LogP) is 3.93. The van der Waals surface area contributed by atoms with Crippen LogP contribution in [0.3, 0.4) is 0 Å². The fourth-order valence-corrected chi connectivity index (χ4v) is 2.19. The molecule has 0 saturated heterocycles. The summed E-state index contributed by atoms with van der Waals surface area (Å²) in [7, 11) is 1.58. The Bertz CT molecular complexity index is 800. The molecule has 0 aliphatic heterocycles. The van der Waals surface area contributed by atoms with Gasteiger partial charge in [0, 0.05) is 17.0 Å². The topological polar surface area (TPSA) is 57.4 Å². The lowest BCUT2D eigenvalue weighted by Gasteiger charge is -2.11. The van der Waals surface area contributed by atoms with Crippen LogP contribution in [0.5, 0.6) is 17.4 Å². The number of nitrogens with zero attached hydrogens (tertiary/aromatic N) is 1. The van der Waals surface area contributed by atoms with Crippen molar-refractivity contribution in [1.29, 1.82) is 0 Å². The number of nitrogen functional groups attached to an aromatic ring is 1. The minimum absolute atomic E-state index is 0.536. The monoisotopic (exact) mass is 280 g/mol. The molecule has 2 aromatic carbocycles. The summed E-state index contributed by atoms with van der Waals surface area (Å²) in [6, 6.07) is 15.3. The van der Waals surface area contributed by atoms with Gasteiger partial charge in [0.25, 0.3) is 0 Å². The average molecular weight is 280 g/mol. The molecule has 0 spiro atoms. The van der Waals surface area contributed by atoms with Gasteiger partial charge in [0.05, 0.1) is 18.3 Å². The number of anilines is 1. The highest BCUT2D eigenvalue weighted by molar-refractivity contribution is 5.80. The zero-order chi connectivity index (χ0) is 14.8. The van der Waals surface area contributed by atoms with Crippen LogP contribution in [0, 0.1) is 6.92 Å². The van der Waals surface area contributed by atoms with Gasteiger partial charge in [-0.1, -0.05) is 18.2 Å². The van der Waals surface area contributed by atoms with Crippen molar-refractivity contribution < 1.29 is 9.47 Å². The number of hydrogen-bond acceptors (Lipinski definition) is 4. The fraction of sp³-hybridized carbons (Fsp3) is 0.118. The van der Waals surface area contributed by atoms with E-state index in [1.165, 1.54) is 0 Å². The summed E-state index contributed by atoms with van der Waals surface area (Å²) < 4.78 is 11.0. The lowest BCUT2D eigenvalue weighted by Crippen LogP contribution is -1.95. The Kier molecular flexibility index (Phi) is 3.36. The lowest BCUT2D eigenvalue weighted by atomic mass is 10.2. The van der Waals surface area contributed by atoms with Crippen LogP contribution in [-0.2, 0) is 0 Å². The van der Waals surface area contributed by atoms with E-state index in [9.17, 15) is 0 Å². The second-order valence-electron chi connectivity index (χ2n) is 4.81. The first-order chi connectivity index (χ1) is 10.2. The largest absolute Gasteiger partial charge is 0.495 e. The number of hydrogen-bond donors (Lipinski definition) is 1. The summed E-state index contributed by atoms with van der Waals surface area (Å²) in [5.74, 6) is 1.85. The third-order valence-electron chi connectivity index (χ3n) is 3.28. The first-order valence-corrected chi connectivity index (χ1v) is 6.65. The Labute approximate surface area is 123 Å². The molecule has 106 valence electrons. The minimum Gasteiger partial charge on any atom is -0.495 e. The zero-order valence-corrected chi connectivity index (χ0v) is 12.0. The molecule has 4 nitrogen and oxygen atoms in total. The standard InChI is InChI=1S/C17H16N2O2/c1-11-9-12-5-3-4-6-15(12)19-17(11)21-13-7-8-16(20-2)14(18)10-13/h3-10H,18H2,1-2H3. The number of aromatic nitrogens is 1. The highest BCUT2D eigenvalue weighted by Gasteiger charge is 2.07. The second kappa shape index (κ2) is 5.32. The Morgan fingerprint density at radius 3 is 2.62 bits per heavy atom. The summed E-state index contributed by atoms with van der Waals surface area (Å²) in [6.07, 6.45) is 0. The highest BCUT2D eigenvalue weighted by Crippen LogP contribution is 2.30. The molecule has 0 atom stereocenters. The van der Waals surface area contributed by atoms with Gasteiger partial charge in [-0.05, 0) is 31.2 Å². The number of methoxy groups -OCH3 is 1. The highest BCUT2D eigenvalue weighted by atomic mass is 16.5. The molecule has 0 aliphatic carbocycles. The normalized spacial score (nSPS) is 10.6. The van der Waals surface area contributed by atoms with Crippen LogP contribution in [-0.4, -0.2) is 12.1 Å². The van der Waals surface area contributed by atoms with Gasteiger partial charge in [-0.2, -0.15) is 0 Å². The predicted molar refractivity (Wildman–Crippen MR) is 84.0 cm³/mol. The second-order valence-corrected chi connectivity index (χ2v) is 4.81. The third kappa shape index (κ3) is 2.60. The Balaban J connectivity index is 1.97. The first-order valence-electron chi connectivity index (χ1n) is 6.65. The van der Waals surface area contributed by atoms with Gasteiger partial charge in [-0.3, -0.25) is 0 Å². The number of benzene rings is 2. The molecule has 0 fully saturated rings. The molecule has 0 bridgehead atoms. The summed E-state index contributed by atoms with van der Waals surface area (Å²) in [5.41, 5.74) is 8.30. The van der Waals surface area contributed by atoms with Crippen LogP contribution in [0.2, 0.25) is 0 Å². The molecule has 0 radical (unpaired) electrons. The smallest absolute Gasteiger partial charge is 0.222 e. The summed E-state index contributed by atoms with van der Waals surface area (Å²) >= 11 is 0. The SMILES string of the molecule is COc1ccc(Oc2nc3ccccc3cc2C)cc1N. The fourth-order valence-electron chi connectivity index (χ4n) is 2.19. The van der Waals surface area contributed by atoms with Gasteiger partial charge in [0.15, 0.2) is 0 Å². The van der Waals surface area contributed by atoms with Crippen molar-refractivity contribution in [3.05, 3.63) is 54.1 Å². The number of aryl methyl sites for hydroxylation is 1. The van der Waals surface area contributed by atoms with Gasteiger partial charge >= 0.3 is 0 Å². The van der Waals surface area contributed by atoms with E-state index in [1.54, 1.807) is 19.2 Å². The van der Waals surface area contributed by atoms with E-state index in [0.29, 0.717) is 23.1 Å². The molecule has 0 aliphatic rings. The van der Waals surface area contributed by atoms with Crippen molar-refractivity contribution in [2.45, 2.75) is 6.92 Å². The van der Waals surface area contributed by atoms with Crippen LogP contribution >= 0.6 is 0 Å². The van der Waals surface area contributed by atoms with E-state index in [4.69, 9.17) is 15.2 Å². The van der Waals surface area contributed by atoms with E-state index in [1.807, 2.05) is 37.3 Å². The molecule has 3 aromatic rings. The molecule has 2 N–H and O–H groups in total. The number of nitrogens with two attached hydrogens (primary N) is 1. The maximum atomic E-state index is 5.89. The number of para-hydroxylation sites is 1. The number of rotatable bonds is 3. The summed E-state index contributed by atoms with van der Waals surface area (Å²) in [6.45, 7) is 1.97. The van der Waals surface area contributed by atoms with Crippen molar-refractivity contribution in [2.24, 2.45) is 0 Å². The van der Waals surface area contributed by atoms with E-state index in [2.05, 4.69) is 11.1 Å². The van der Waals surface area contributed by atoms with E-state index < -0.39 is 0 Å². The third-order valence-corrected chi connectivity index (χ3v) is 3.28. The summed E-state index contributed by atoms with van der Waals surface area (Å²) in [5, 5.41) is 1.09. The average Bonchev–Trinajstić information content (AvgIpc) is 2.48. The molecule has 0 saturated carbocycles. The van der Waals surface area contributed by atoms with Crippen LogP contribution in [0.25, 0.3) is 10.9 Å². The van der Waals surface area contributed by atoms with Crippen molar-refractivity contribution >= 4 is 16.6 Å². The van der Waals surface area contributed by atoms with Gasteiger partial charge in [-0.15, -0.1) is 0 Å². The van der Waals surface area contributed by atoms with Crippen molar-refractivity contribution in [3.8, 4) is 17.4 Å². The molecule has 0 unspecified atom stereocenters. The van der Waals surface area contributed by atoms with Crippen LogP contribution in [0.1, 0.15) is 5.56 Å². The molecule has 3 rings (SSSR count). The molecule has 0 amide bonds. The molecule has 21 heavy (non-hydrogen) atoms. The van der Waals surface area contributed by atoms with Crippen molar-refractivity contribution in [2.75, 3.05) is 12.8 Å². The molecule has 1 aromatic heterocycles. The van der Waals surface area contributed by atoms with Crippen LogP contribution < -0.4 is 15.2 Å². The van der Waals surface area contributed by atoms with Gasteiger partial charge in [0.1, 0.15) is 11.5 Å². The number of pyridine rings is 1. The number of fused-ring (bicyclic) bond motifs is 1.